The van der Waals surface area contributed by atoms with E-state index in [2.05, 4.69) is 12.1 Å². The molecule has 1 aliphatic carbocycles. The first-order valence-electron chi connectivity index (χ1n) is 5.84. The van der Waals surface area contributed by atoms with Gasteiger partial charge in [-0.25, -0.2) is 0 Å². The van der Waals surface area contributed by atoms with Crippen LogP contribution >= 0.6 is 0 Å². The van der Waals surface area contributed by atoms with Gasteiger partial charge in [-0.3, -0.25) is 4.79 Å². The first kappa shape index (κ1) is 11.2. The van der Waals surface area contributed by atoms with Crippen LogP contribution in [0, 0.1) is 11.8 Å². The van der Waals surface area contributed by atoms with Gasteiger partial charge in [-0.2, -0.15) is 0 Å². The average molecular weight is 218 g/mol. The summed E-state index contributed by atoms with van der Waals surface area (Å²) in [5, 5.41) is 0. The molecule has 0 amide bonds. The average Bonchev–Trinajstić information content (AvgIpc) is 3.10. The van der Waals surface area contributed by atoms with Crippen molar-refractivity contribution in [2.75, 3.05) is 7.11 Å². The second-order valence-corrected chi connectivity index (χ2v) is 4.61. The highest BCUT2D eigenvalue weighted by Gasteiger charge is 2.33. The van der Waals surface area contributed by atoms with Crippen LogP contribution in [0.4, 0.5) is 0 Å². The van der Waals surface area contributed by atoms with E-state index in [-0.39, 0.29) is 5.92 Å². The smallest absolute Gasteiger partial charge is 0.133 e. The second-order valence-electron chi connectivity index (χ2n) is 4.61. The number of carbonyl (C=O) groups is 1. The van der Waals surface area contributed by atoms with Gasteiger partial charge < -0.3 is 4.74 Å². The van der Waals surface area contributed by atoms with E-state index in [4.69, 9.17) is 4.74 Å². The van der Waals surface area contributed by atoms with Crippen LogP contribution in [0.1, 0.15) is 25.3 Å². The summed E-state index contributed by atoms with van der Waals surface area (Å²) < 4.78 is 5.11. The summed E-state index contributed by atoms with van der Waals surface area (Å²) in [6.45, 7) is 1.71. The topological polar surface area (TPSA) is 26.3 Å². The van der Waals surface area contributed by atoms with E-state index in [1.807, 2.05) is 12.1 Å². The molecule has 0 aliphatic heterocycles. The van der Waals surface area contributed by atoms with Crippen molar-refractivity contribution in [1.82, 2.24) is 0 Å². The first-order valence-corrected chi connectivity index (χ1v) is 5.84. The van der Waals surface area contributed by atoms with Crippen LogP contribution < -0.4 is 4.74 Å². The molecule has 86 valence electrons. The summed E-state index contributed by atoms with van der Waals surface area (Å²) in [5.74, 6) is 2.07. The van der Waals surface area contributed by atoms with Crippen LogP contribution in [0.25, 0.3) is 0 Å². The molecule has 0 N–H and O–H groups in total. The predicted octanol–water partition coefficient (Wildman–Crippen LogP) is 2.85. The molecule has 0 saturated heterocycles. The van der Waals surface area contributed by atoms with Gasteiger partial charge in [-0.15, -0.1) is 0 Å². The zero-order chi connectivity index (χ0) is 11.5. The third-order valence-corrected chi connectivity index (χ3v) is 3.33. The Morgan fingerprint density at radius 1 is 1.38 bits per heavy atom. The van der Waals surface area contributed by atoms with E-state index in [1.165, 1.54) is 18.4 Å². The highest BCUT2D eigenvalue weighted by molar-refractivity contribution is 5.79. The van der Waals surface area contributed by atoms with Gasteiger partial charge in [-0.05, 0) is 49.8 Å². The van der Waals surface area contributed by atoms with E-state index < -0.39 is 0 Å². The van der Waals surface area contributed by atoms with Gasteiger partial charge in [-0.1, -0.05) is 12.1 Å². The summed E-state index contributed by atoms with van der Waals surface area (Å²) in [6.07, 6.45) is 3.32. The number of ether oxygens (including phenoxy) is 1. The Hall–Kier alpha value is -1.31. The van der Waals surface area contributed by atoms with E-state index >= 15 is 0 Å². The van der Waals surface area contributed by atoms with Gasteiger partial charge in [0.1, 0.15) is 11.5 Å². The van der Waals surface area contributed by atoms with Gasteiger partial charge in [0.25, 0.3) is 0 Å². The molecule has 0 heterocycles. The Labute approximate surface area is 96.6 Å². The van der Waals surface area contributed by atoms with Gasteiger partial charge in [0.05, 0.1) is 7.11 Å². The maximum atomic E-state index is 11.5. The molecule has 2 nitrogen and oxygen atoms in total. The number of carbonyl (C=O) groups excluding carboxylic acids is 1. The third kappa shape index (κ3) is 2.63. The number of hydrogen-bond donors (Lipinski definition) is 0. The predicted molar refractivity (Wildman–Crippen MR) is 63.6 cm³/mol. The molecule has 1 atom stereocenters. The van der Waals surface area contributed by atoms with Crippen LogP contribution in [0.3, 0.4) is 0 Å². The molecule has 0 bridgehead atoms. The minimum Gasteiger partial charge on any atom is -0.497 e. The minimum atomic E-state index is 0.230. The summed E-state index contributed by atoms with van der Waals surface area (Å²) in [4.78, 5) is 11.5. The van der Waals surface area contributed by atoms with Crippen LogP contribution in [-0.2, 0) is 11.2 Å². The maximum Gasteiger partial charge on any atom is 0.133 e. The van der Waals surface area contributed by atoms with Crippen molar-refractivity contribution in [1.29, 1.82) is 0 Å². The second kappa shape index (κ2) is 4.69. The number of hydrogen-bond acceptors (Lipinski definition) is 2. The lowest BCUT2D eigenvalue weighted by Gasteiger charge is -2.12. The van der Waals surface area contributed by atoms with Crippen molar-refractivity contribution < 1.29 is 9.53 Å². The quantitative estimate of drug-likeness (QED) is 0.759. The lowest BCUT2D eigenvalue weighted by atomic mass is 9.91. The van der Waals surface area contributed by atoms with Gasteiger partial charge in [0, 0.05) is 5.92 Å². The molecule has 1 unspecified atom stereocenters. The lowest BCUT2D eigenvalue weighted by Crippen LogP contribution is -2.16. The molecule has 1 aromatic rings. The number of rotatable bonds is 5. The fraction of sp³-hybridized carbons (Fsp3) is 0.500. The standard InChI is InChI=1S/C14H18O2/c1-10(15)14(12-5-6-12)9-11-3-7-13(16-2)8-4-11/h3-4,7-8,12,14H,5-6,9H2,1-2H3. The third-order valence-electron chi connectivity index (χ3n) is 3.33. The molecule has 0 spiro atoms. The largest absolute Gasteiger partial charge is 0.497 e. The van der Waals surface area contributed by atoms with Gasteiger partial charge in [0.2, 0.25) is 0 Å². The molecule has 1 fully saturated rings. The fourth-order valence-corrected chi connectivity index (χ4v) is 2.16. The van der Waals surface area contributed by atoms with Crippen molar-refractivity contribution in [3.8, 4) is 5.75 Å². The van der Waals surface area contributed by atoms with Crippen molar-refractivity contribution >= 4 is 5.78 Å². The molecule has 1 aliphatic rings. The molecular formula is C14H18O2. The van der Waals surface area contributed by atoms with Crippen LogP contribution in [0.5, 0.6) is 5.75 Å². The normalized spacial score (nSPS) is 16.9. The Morgan fingerprint density at radius 3 is 2.44 bits per heavy atom. The van der Waals surface area contributed by atoms with Crippen molar-refractivity contribution in [2.24, 2.45) is 11.8 Å². The fourth-order valence-electron chi connectivity index (χ4n) is 2.16. The van der Waals surface area contributed by atoms with E-state index in [9.17, 15) is 4.79 Å². The summed E-state index contributed by atoms with van der Waals surface area (Å²) in [7, 11) is 1.66. The van der Waals surface area contributed by atoms with E-state index in [1.54, 1.807) is 14.0 Å². The number of ketones is 1. The highest BCUT2D eigenvalue weighted by atomic mass is 16.5. The Balaban J connectivity index is 2.03. The molecule has 2 heteroatoms. The first-order chi connectivity index (χ1) is 7.70. The van der Waals surface area contributed by atoms with Gasteiger partial charge >= 0.3 is 0 Å². The lowest BCUT2D eigenvalue weighted by molar-refractivity contribution is -0.121. The minimum absolute atomic E-state index is 0.230. The van der Waals surface area contributed by atoms with Crippen LogP contribution in [-0.4, -0.2) is 12.9 Å². The molecule has 0 aromatic heterocycles. The summed E-state index contributed by atoms with van der Waals surface area (Å²) >= 11 is 0. The van der Waals surface area contributed by atoms with Crippen LogP contribution in [0.2, 0.25) is 0 Å². The van der Waals surface area contributed by atoms with E-state index in [0.29, 0.717) is 11.7 Å². The monoisotopic (exact) mass is 218 g/mol. The highest BCUT2D eigenvalue weighted by Crippen LogP contribution is 2.39. The molecule has 2 rings (SSSR count). The van der Waals surface area contributed by atoms with Crippen molar-refractivity contribution in [3.05, 3.63) is 29.8 Å². The Morgan fingerprint density at radius 2 is 2.00 bits per heavy atom. The molecule has 0 radical (unpaired) electrons. The summed E-state index contributed by atoms with van der Waals surface area (Å²) in [5.41, 5.74) is 1.23. The molecule has 1 saturated carbocycles. The number of Topliss-reactive ketones (excluding diaryl/α,β-unsaturated/α-hetero) is 1. The SMILES string of the molecule is COc1ccc(CC(C(C)=O)C2CC2)cc1. The summed E-state index contributed by atoms with van der Waals surface area (Å²) in [6, 6.07) is 8.02. The molecular weight excluding hydrogens is 200 g/mol. The molecule has 16 heavy (non-hydrogen) atoms. The molecule has 1 aromatic carbocycles. The Bertz CT molecular complexity index is 363. The maximum absolute atomic E-state index is 11.5. The van der Waals surface area contributed by atoms with Crippen LogP contribution in [0.15, 0.2) is 24.3 Å². The number of benzene rings is 1. The zero-order valence-electron chi connectivity index (χ0n) is 9.90. The van der Waals surface area contributed by atoms with Crippen molar-refractivity contribution in [2.45, 2.75) is 26.2 Å². The van der Waals surface area contributed by atoms with Gasteiger partial charge in [0.15, 0.2) is 0 Å². The zero-order valence-corrected chi connectivity index (χ0v) is 9.90. The van der Waals surface area contributed by atoms with Crippen molar-refractivity contribution in [3.63, 3.8) is 0 Å². The van der Waals surface area contributed by atoms with E-state index in [0.717, 1.165) is 12.2 Å². The Kier molecular flexibility index (Phi) is 3.28. The number of methoxy groups -OCH3 is 1.